The lowest BCUT2D eigenvalue weighted by atomic mass is 10.0. The Morgan fingerprint density at radius 1 is 1.43 bits per heavy atom. The lowest BCUT2D eigenvalue weighted by Crippen LogP contribution is -2.43. The molecule has 0 aromatic heterocycles. The van der Waals surface area contributed by atoms with Crippen molar-refractivity contribution in [2.45, 2.75) is 24.3 Å². The highest BCUT2D eigenvalue weighted by Gasteiger charge is 2.39. The molecule has 1 aromatic carbocycles. The highest BCUT2D eigenvalue weighted by atomic mass is 32.2. The summed E-state index contributed by atoms with van der Waals surface area (Å²) in [7, 11) is 0. The number of carboxylic acids is 1. The van der Waals surface area contributed by atoms with Crippen molar-refractivity contribution in [1.82, 2.24) is 4.90 Å². The van der Waals surface area contributed by atoms with Crippen LogP contribution < -0.4 is 0 Å². The summed E-state index contributed by atoms with van der Waals surface area (Å²) in [5.74, 6) is -2.94. The number of hydrogen-bond donors (Lipinski definition) is 1. The first-order valence-electron chi connectivity index (χ1n) is 6.50. The van der Waals surface area contributed by atoms with Gasteiger partial charge in [-0.25, -0.2) is 13.6 Å². The fourth-order valence-electron chi connectivity index (χ4n) is 2.42. The lowest BCUT2D eigenvalue weighted by molar-refractivity contribution is -0.148. The number of halogens is 2. The van der Waals surface area contributed by atoms with Crippen molar-refractivity contribution >= 4 is 23.6 Å². The van der Waals surface area contributed by atoms with Crippen LogP contribution in [0.3, 0.4) is 0 Å². The summed E-state index contributed by atoms with van der Waals surface area (Å²) >= 11 is 0.940. The van der Waals surface area contributed by atoms with Gasteiger partial charge in [0.05, 0.1) is 5.75 Å². The van der Waals surface area contributed by atoms with Crippen LogP contribution in [-0.4, -0.2) is 40.2 Å². The zero-order chi connectivity index (χ0) is 15.6. The number of carbonyl (C=O) groups is 2. The zero-order valence-electron chi connectivity index (χ0n) is 11.4. The SMILES string of the molecule is CC1CCN(C(=O)CSc2ccc(F)cc2F)C1C(=O)O. The van der Waals surface area contributed by atoms with Gasteiger partial charge in [-0.3, -0.25) is 4.79 Å². The quantitative estimate of drug-likeness (QED) is 0.867. The van der Waals surface area contributed by atoms with E-state index in [1.165, 1.54) is 11.0 Å². The molecule has 4 nitrogen and oxygen atoms in total. The van der Waals surface area contributed by atoms with Crippen LogP contribution in [0.4, 0.5) is 8.78 Å². The van der Waals surface area contributed by atoms with E-state index in [1.54, 1.807) is 6.92 Å². The molecule has 1 N–H and O–H groups in total. The first-order valence-corrected chi connectivity index (χ1v) is 7.49. The van der Waals surface area contributed by atoms with Gasteiger partial charge < -0.3 is 10.0 Å². The van der Waals surface area contributed by atoms with Crippen LogP contribution in [0.1, 0.15) is 13.3 Å². The molecule has 2 unspecified atom stereocenters. The second kappa shape index (κ2) is 6.43. The summed E-state index contributed by atoms with van der Waals surface area (Å²) in [5, 5.41) is 9.16. The molecular weight excluding hydrogens is 300 g/mol. The fraction of sp³-hybridized carbons (Fsp3) is 0.429. The number of carboxylic acid groups (broad SMARTS) is 1. The number of benzene rings is 1. The molecule has 1 aliphatic heterocycles. The van der Waals surface area contributed by atoms with Gasteiger partial charge in [0, 0.05) is 17.5 Å². The molecule has 1 saturated heterocycles. The molecule has 0 aliphatic carbocycles. The Labute approximate surface area is 125 Å². The molecular formula is C14H15F2NO3S. The highest BCUT2D eigenvalue weighted by Crippen LogP contribution is 2.27. The summed E-state index contributed by atoms with van der Waals surface area (Å²) in [5.41, 5.74) is 0. The van der Waals surface area contributed by atoms with Crippen molar-refractivity contribution in [3.63, 3.8) is 0 Å². The van der Waals surface area contributed by atoms with E-state index in [2.05, 4.69) is 0 Å². The first kappa shape index (κ1) is 15.8. The van der Waals surface area contributed by atoms with E-state index in [0.29, 0.717) is 13.0 Å². The number of thioether (sulfide) groups is 1. The molecule has 21 heavy (non-hydrogen) atoms. The summed E-state index contributed by atoms with van der Waals surface area (Å²) < 4.78 is 26.3. The van der Waals surface area contributed by atoms with Gasteiger partial charge in [0.25, 0.3) is 0 Å². The second-order valence-corrected chi connectivity index (χ2v) is 6.02. The van der Waals surface area contributed by atoms with Gasteiger partial charge in [0.1, 0.15) is 17.7 Å². The molecule has 1 fully saturated rings. The Morgan fingerprint density at radius 2 is 2.14 bits per heavy atom. The lowest BCUT2D eigenvalue weighted by Gasteiger charge is -2.23. The fourth-order valence-corrected chi connectivity index (χ4v) is 3.22. The predicted molar refractivity (Wildman–Crippen MR) is 74.0 cm³/mol. The van der Waals surface area contributed by atoms with Crippen LogP contribution in [0.15, 0.2) is 23.1 Å². The third kappa shape index (κ3) is 3.53. The van der Waals surface area contributed by atoms with Gasteiger partial charge in [0.2, 0.25) is 5.91 Å². The van der Waals surface area contributed by atoms with Crippen LogP contribution in [0.2, 0.25) is 0 Å². The van der Waals surface area contributed by atoms with Crippen molar-refractivity contribution < 1.29 is 23.5 Å². The average Bonchev–Trinajstić information content (AvgIpc) is 2.79. The predicted octanol–water partition coefficient (Wildman–Crippen LogP) is 2.38. The Bertz CT molecular complexity index is 567. The Balaban J connectivity index is 2.00. The summed E-state index contributed by atoms with van der Waals surface area (Å²) in [4.78, 5) is 24.8. The molecule has 0 bridgehead atoms. The van der Waals surface area contributed by atoms with E-state index in [-0.39, 0.29) is 22.5 Å². The Morgan fingerprint density at radius 3 is 2.76 bits per heavy atom. The van der Waals surface area contributed by atoms with Crippen molar-refractivity contribution in [3.05, 3.63) is 29.8 Å². The molecule has 0 spiro atoms. The van der Waals surface area contributed by atoms with E-state index in [4.69, 9.17) is 5.11 Å². The van der Waals surface area contributed by atoms with Crippen LogP contribution in [0, 0.1) is 17.6 Å². The van der Waals surface area contributed by atoms with E-state index in [9.17, 15) is 18.4 Å². The number of nitrogens with zero attached hydrogens (tertiary/aromatic N) is 1. The van der Waals surface area contributed by atoms with Crippen LogP contribution >= 0.6 is 11.8 Å². The second-order valence-electron chi connectivity index (χ2n) is 5.00. The maximum Gasteiger partial charge on any atom is 0.326 e. The molecule has 2 rings (SSSR count). The summed E-state index contributed by atoms with van der Waals surface area (Å²) in [6.45, 7) is 2.18. The third-order valence-corrected chi connectivity index (χ3v) is 4.55. The number of rotatable bonds is 4. The smallest absolute Gasteiger partial charge is 0.326 e. The number of carbonyl (C=O) groups excluding carboxylic acids is 1. The minimum Gasteiger partial charge on any atom is -0.480 e. The average molecular weight is 315 g/mol. The molecule has 1 amide bonds. The van der Waals surface area contributed by atoms with E-state index in [1.807, 2.05) is 0 Å². The van der Waals surface area contributed by atoms with Gasteiger partial charge in [-0.2, -0.15) is 0 Å². The number of likely N-dealkylation sites (tertiary alicyclic amines) is 1. The van der Waals surface area contributed by atoms with Crippen molar-refractivity contribution in [1.29, 1.82) is 0 Å². The van der Waals surface area contributed by atoms with Gasteiger partial charge in [0.15, 0.2) is 0 Å². The minimum absolute atomic E-state index is 0.0704. The van der Waals surface area contributed by atoms with Crippen molar-refractivity contribution in [2.75, 3.05) is 12.3 Å². The Kier molecular flexibility index (Phi) is 4.82. The minimum atomic E-state index is -1.02. The maximum absolute atomic E-state index is 13.5. The zero-order valence-corrected chi connectivity index (χ0v) is 12.2. The molecule has 1 aromatic rings. The van der Waals surface area contributed by atoms with Crippen LogP contribution in [-0.2, 0) is 9.59 Å². The molecule has 0 saturated carbocycles. The van der Waals surface area contributed by atoms with Crippen LogP contribution in [0.5, 0.6) is 0 Å². The maximum atomic E-state index is 13.5. The van der Waals surface area contributed by atoms with E-state index < -0.39 is 23.6 Å². The number of hydrogen-bond acceptors (Lipinski definition) is 3. The monoisotopic (exact) mass is 315 g/mol. The summed E-state index contributed by atoms with van der Waals surface area (Å²) in [6.07, 6.45) is 0.637. The number of amides is 1. The van der Waals surface area contributed by atoms with E-state index in [0.717, 1.165) is 23.9 Å². The van der Waals surface area contributed by atoms with Gasteiger partial charge in [-0.05, 0) is 24.5 Å². The molecule has 0 radical (unpaired) electrons. The normalized spacial score (nSPS) is 21.6. The molecule has 114 valence electrons. The largest absolute Gasteiger partial charge is 0.480 e. The topological polar surface area (TPSA) is 57.6 Å². The highest BCUT2D eigenvalue weighted by molar-refractivity contribution is 8.00. The molecule has 1 heterocycles. The third-order valence-electron chi connectivity index (χ3n) is 3.52. The number of aliphatic carboxylic acids is 1. The molecule has 1 aliphatic rings. The van der Waals surface area contributed by atoms with E-state index >= 15 is 0 Å². The molecule has 2 atom stereocenters. The Hall–Kier alpha value is -1.63. The van der Waals surface area contributed by atoms with Crippen LogP contribution in [0.25, 0.3) is 0 Å². The van der Waals surface area contributed by atoms with Gasteiger partial charge >= 0.3 is 5.97 Å². The van der Waals surface area contributed by atoms with Gasteiger partial charge in [-0.15, -0.1) is 11.8 Å². The standard InChI is InChI=1S/C14H15F2NO3S/c1-8-4-5-17(13(8)14(19)20)12(18)7-21-11-3-2-9(15)6-10(11)16/h2-3,6,8,13H,4-5,7H2,1H3,(H,19,20). The van der Waals surface area contributed by atoms with Crippen molar-refractivity contribution in [2.24, 2.45) is 5.92 Å². The van der Waals surface area contributed by atoms with Gasteiger partial charge in [-0.1, -0.05) is 6.92 Å². The first-order chi connectivity index (χ1) is 9.90. The van der Waals surface area contributed by atoms with Crippen molar-refractivity contribution in [3.8, 4) is 0 Å². The summed E-state index contributed by atoms with van der Waals surface area (Å²) in [6, 6.07) is 2.32. The molecule has 7 heteroatoms.